The lowest BCUT2D eigenvalue weighted by molar-refractivity contribution is -0.141. The number of carbonyl (C=O) groups is 2. The number of morpholine rings is 1. The fourth-order valence-corrected chi connectivity index (χ4v) is 3.19. The highest BCUT2D eigenvalue weighted by Gasteiger charge is 2.25. The molecule has 2 aromatic rings. The summed E-state index contributed by atoms with van der Waals surface area (Å²) in [5, 5.41) is 0.582. The van der Waals surface area contributed by atoms with Gasteiger partial charge >= 0.3 is 5.97 Å². The third kappa shape index (κ3) is 5.35. The molecule has 154 valence electrons. The standard InChI is InChI=1S/C19H20Cl2N4O4/c1-28-16(26)12-25(11-13-4-2-3-5-14(13)20)18(27)17-15(21)10-22-19(23-17)24-6-8-29-9-7-24/h2-5,10H,6-9,11-12H2,1H3. The first-order valence-corrected chi connectivity index (χ1v) is 9.70. The first-order valence-electron chi connectivity index (χ1n) is 8.94. The van der Waals surface area contributed by atoms with Crippen LogP contribution in [0.5, 0.6) is 0 Å². The van der Waals surface area contributed by atoms with Crippen LogP contribution in [0.15, 0.2) is 30.5 Å². The molecular formula is C19H20Cl2N4O4. The van der Waals surface area contributed by atoms with Gasteiger partial charge in [0.05, 0.1) is 31.5 Å². The average Bonchev–Trinajstić information content (AvgIpc) is 2.75. The number of esters is 1. The number of amides is 1. The summed E-state index contributed by atoms with van der Waals surface area (Å²) in [5.41, 5.74) is 0.698. The Morgan fingerprint density at radius 1 is 1.21 bits per heavy atom. The number of ether oxygens (including phenoxy) is 2. The number of rotatable bonds is 6. The van der Waals surface area contributed by atoms with Crippen LogP contribution in [0.1, 0.15) is 16.1 Å². The number of carbonyl (C=O) groups excluding carboxylic acids is 2. The molecule has 0 radical (unpaired) electrons. The third-order valence-electron chi connectivity index (χ3n) is 4.38. The van der Waals surface area contributed by atoms with Gasteiger partial charge in [-0.25, -0.2) is 9.97 Å². The van der Waals surface area contributed by atoms with Gasteiger partial charge in [0.25, 0.3) is 5.91 Å². The summed E-state index contributed by atoms with van der Waals surface area (Å²) in [6.45, 7) is 2.16. The summed E-state index contributed by atoms with van der Waals surface area (Å²) in [4.78, 5) is 36.9. The van der Waals surface area contributed by atoms with Crippen molar-refractivity contribution in [2.45, 2.75) is 6.54 Å². The van der Waals surface area contributed by atoms with Gasteiger partial charge in [0.15, 0.2) is 5.69 Å². The first-order chi connectivity index (χ1) is 14.0. The van der Waals surface area contributed by atoms with Crippen molar-refractivity contribution >= 4 is 41.0 Å². The molecule has 10 heteroatoms. The minimum atomic E-state index is -0.566. The molecule has 3 rings (SSSR count). The molecule has 1 amide bonds. The molecule has 0 spiro atoms. The number of methoxy groups -OCH3 is 1. The van der Waals surface area contributed by atoms with Gasteiger partial charge in [-0.15, -0.1) is 0 Å². The SMILES string of the molecule is COC(=O)CN(Cc1ccccc1Cl)C(=O)c1nc(N2CCOCC2)ncc1Cl. The van der Waals surface area contributed by atoms with Crippen molar-refractivity contribution in [3.8, 4) is 0 Å². The molecule has 1 aromatic heterocycles. The molecule has 29 heavy (non-hydrogen) atoms. The van der Waals surface area contributed by atoms with Crippen LogP contribution in [0.4, 0.5) is 5.95 Å². The number of aromatic nitrogens is 2. The summed E-state index contributed by atoms with van der Waals surface area (Å²) in [7, 11) is 1.26. The number of benzene rings is 1. The van der Waals surface area contributed by atoms with E-state index in [1.807, 2.05) is 4.90 Å². The fraction of sp³-hybridized carbons (Fsp3) is 0.368. The average molecular weight is 439 g/mol. The molecule has 0 unspecified atom stereocenters. The molecule has 0 aliphatic carbocycles. The molecule has 1 aromatic carbocycles. The van der Waals surface area contributed by atoms with Crippen molar-refractivity contribution in [2.75, 3.05) is 44.9 Å². The highest BCUT2D eigenvalue weighted by atomic mass is 35.5. The maximum atomic E-state index is 13.2. The molecule has 1 aliphatic heterocycles. The maximum absolute atomic E-state index is 13.2. The van der Waals surface area contributed by atoms with E-state index in [0.29, 0.717) is 42.8 Å². The van der Waals surface area contributed by atoms with E-state index < -0.39 is 11.9 Å². The number of hydrogen-bond acceptors (Lipinski definition) is 7. The third-order valence-corrected chi connectivity index (χ3v) is 5.03. The normalized spacial score (nSPS) is 13.8. The van der Waals surface area contributed by atoms with Crippen LogP contribution in [0.2, 0.25) is 10.0 Å². The van der Waals surface area contributed by atoms with Crippen molar-refractivity contribution in [2.24, 2.45) is 0 Å². The second-order valence-electron chi connectivity index (χ2n) is 6.29. The molecule has 0 bridgehead atoms. The smallest absolute Gasteiger partial charge is 0.325 e. The summed E-state index contributed by atoms with van der Waals surface area (Å²) >= 11 is 12.4. The van der Waals surface area contributed by atoms with Gasteiger partial charge in [-0.1, -0.05) is 41.4 Å². The zero-order valence-corrected chi connectivity index (χ0v) is 17.3. The molecule has 1 aliphatic rings. The van der Waals surface area contributed by atoms with Gasteiger partial charge < -0.3 is 19.3 Å². The highest BCUT2D eigenvalue weighted by Crippen LogP contribution is 2.22. The van der Waals surface area contributed by atoms with Crippen LogP contribution < -0.4 is 4.90 Å². The van der Waals surface area contributed by atoms with E-state index in [4.69, 9.17) is 32.7 Å². The maximum Gasteiger partial charge on any atom is 0.325 e. The Bertz CT molecular complexity index is 890. The van der Waals surface area contributed by atoms with Crippen LogP contribution in [-0.2, 0) is 20.8 Å². The van der Waals surface area contributed by atoms with Crippen LogP contribution in [-0.4, -0.2) is 66.7 Å². The van der Waals surface area contributed by atoms with E-state index in [1.165, 1.54) is 18.2 Å². The van der Waals surface area contributed by atoms with Crippen molar-refractivity contribution < 1.29 is 19.1 Å². The van der Waals surface area contributed by atoms with Crippen LogP contribution in [0, 0.1) is 0 Å². The van der Waals surface area contributed by atoms with Crippen molar-refractivity contribution in [3.63, 3.8) is 0 Å². The molecular weight excluding hydrogens is 419 g/mol. The summed E-state index contributed by atoms with van der Waals surface area (Å²) < 4.78 is 10.1. The Hall–Kier alpha value is -2.42. The number of hydrogen-bond donors (Lipinski definition) is 0. The largest absolute Gasteiger partial charge is 0.468 e. The minimum absolute atomic E-state index is 0.0131. The van der Waals surface area contributed by atoms with Crippen molar-refractivity contribution in [1.29, 1.82) is 0 Å². The predicted molar refractivity (Wildman–Crippen MR) is 108 cm³/mol. The van der Waals surface area contributed by atoms with Crippen LogP contribution >= 0.6 is 23.2 Å². The molecule has 0 atom stereocenters. The van der Waals surface area contributed by atoms with Crippen molar-refractivity contribution in [1.82, 2.24) is 14.9 Å². The van der Waals surface area contributed by atoms with E-state index in [2.05, 4.69) is 9.97 Å². The number of anilines is 1. The Morgan fingerprint density at radius 3 is 2.62 bits per heavy atom. The fourth-order valence-electron chi connectivity index (χ4n) is 2.83. The Morgan fingerprint density at radius 2 is 1.93 bits per heavy atom. The van der Waals surface area contributed by atoms with Gasteiger partial charge in [-0.05, 0) is 11.6 Å². The lowest BCUT2D eigenvalue weighted by Gasteiger charge is -2.27. The quantitative estimate of drug-likeness (QED) is 0.640. The topological polar surface area (TPSA) is 84.9 Å². The summed E-state index contributed by atoms with van der Waals surface area (Å²) in [5.74, 6) is -0.696. The molecule has 0 N–H and O–H groups in total. The second-order valence-corrected chi connectivity index (χ2v) is 7.11. The monoisotopic (exact) mass is 438 g/mol. The molecule has 8 nitrogen and oxygen atoms in total. The zero-order chi connectivity index (χ0) is 20.8. The predicted octanol–water partition coefficient (Wildman–Crippen LogP) is 2.44. The van der Waals surface area contributed by atoms with E-state index in [-0.39, 0.29) is 23.8 Å². The van der Waals surface area contributed by atoms with Gasteiger partial charge in [0.2, 0.25) is 5.95 Å². The van der Waals surface area contributed by atoms with Crippen molar-refractivity contribution in [3.05, 3.63) is 51.8 Å². The van der Waals surface area contributed by atoms with Gasteiger partial charge in [-0.2, -0.15) is 0 Å². The zero-order valence-electron chi connectivity index (χ0n) is 15.8. The Balaban J connectivity index is 1.89. The van der Waals surface area contributed by atoms with Gasteiger partial charge in [0, 0.05) is 24.7 Å². The summed E-state index contributed by atoms with van der Waals surface area (Å²) in [6, 6.07) is 7.08. The Kier molecular flexibility index (Phi) is 7.24. The lowest BCUT2D eigenvalue weighted by Crippen LogP contribution is -2.39. The molecule has 1 fully saturated rings. The molecule has 2 heterocycles. The lowest BCUT2D eigenvalue weighted by atomic mass is 10.2. The minimum Gasteiger partial charge on any atom is -0.468 e. The summed E-state index contributed by atoms with van der Waals surface area (Å²) in [6.07, 6.45) is 1.39. The van der Waals surface area contributed by atoms with E-state index in [1.54, 1.807) is 24.3 Å². The molecule has 0 saturated carbocycles. The highest BCUT2D eigenvalue weighted by molar-refractivity contribution is 6.33. The van der Waals surface area contributed by atoms with Crippen LogP contribution in [0.3, 0.4) is 0 Å². The van der Waals surface area contributed by atoms with Gasteiger partial charge in [0.1, 0.15) is 6.54 Å². The van der Waals surface area contributed by atoms with E-state index in [0.717, 1.165) is 0 Å². The number of nitrogens with zero attached hydrogens (tertiary/aromatic N) is 4. The van der Waals surface area contributed by atoms with Gasteiger partial charge in [-0.3, -0.25) is 9.59 Å². The van der Waals surface area contributed by atoms with Crippen LogP contribution in [0.25, 0.3) is 0 Å². The second kappa shape index (κ2) is 9.87. The number of halogens is 2. The first kappa shape index (κ1) is 21.3. The Labute approximate surface area is 178 Å². The van der Waals surface area contributed by atoms with E-state index in [9.17, 15) is 9.59 Å². The molecule has 1 saturated heterocycles. The van der Waals surface area contributed by atoms with E-state index >= 15 is 0 Å².